The summed E-state index contributed by atoms with van der Waals surface area (Å²) in [5, 5.41) is 10.1. The molecule has 3 heteroatoms. The molecule has 0 aliphatic heterocycles. The van der Waals surface area contributed by atoms with Gasteiger partial charge in [-0.15, -0.1) is 0 Å². The van der Waals surface area contributed by atoms with Crippen molar-refractivity contribution in [3.05, 3.63) is 134 Å². The maximum Gasteiger partial charge on any atom is 0.143 e. The normalized spacial score (nSPS) is 12.2. The van der Waals surface area contributed by atoms with Crippen molar-refractivity contribution >= 4 is 76.4 Å². The topological polar surface area (TPSA) is 39.4 Å². The number of hydrogen-bond acceptors (Lipinski definition) is 3. The Labute approximate surface area is 245 Å². The lowest BCUT2D eigenvalue weighted by atomic mass is 9.85. The van der Waals surface area contributed by atoms with Crippen LogP contribution in [0.4, 0.5) is 0 Å². The molecule has 43 heavy (non-hydrogen) atoms. The Morgan fingerprint density at radius 2 is 0.860 bits per heavy atom. The van der Waals surface area contributed by atoms with E-state index in [1.807, 2.05) is 18.2 Å². The van der Waals surface area contributed by atoms with Crippen LogP contribution in [0.15, 0.2) is 147 Å². The first-order valence-corrected chi connectivity index (χ1v) is 14.5. The number of furan rings is 3. The van der Waals surface area contributed by atoms with Gasteiger partial charge in [0.25, 0.3) is 0 Å². The fourth-order valence-electron chi connectivity index (χ4n) is 7.10. The average molecular weight is 551 g/mol. The first kappa shape index (κ1) is 22.8. The van der Waals surface area contributed by atoms with Crippen molar-refractivity contribution in [1.82, 2.24) is 0 Å². The van der Waals surface area contributed by atoms with E-state index in [2.05, 4.69) is 109 Å². The highest BCUT2D eigenvalue weighted by molar-refractivity contribution is 6.26. The Morgan fingerprint density at radius 3 is 1.49 bits per heavy atom. The molecule has 0 amide bonds. The molecule has 0 aliphatic rings. The molecule has 0 N–H and O–H groups in total. The minimum atomic E-state index is 0.859. The predicted molar refractivity (Wildman–Crippen MR) is 177 cm³/mol. The van der Waals surface area contributed by atoms with Gasteiger partial charge >= 0.3 is 0 Å². The van der Waals surface area contributed by atoms with Gasteiger partial charge < -0.3 is 13.3 Å². The van der Waals surface area contributed by atoms with Crippen LogP contribution in [0.1, 0.15) is 0 Å². The Hall–Kier alpha value is -5.80. The number of fused-ring (bicyclic) bond motifs is 9. The summed E-state index contributed by atoms with van der Waals surface area (Å²) in [6.07, 6.45) is 1.73. The van der Waals surface area contributed by atoms with Gasteiger partial charge in [0.05, 0.1) is 6.26 Å². The summed E-state index contributed by atoms with van der Waals surface area (Å²) in [7, 11) is 0. The summed E-state index contributed by atoms with van der Waals surface area (Å²) in [6, 6.07) is 44.8. The molecule has 0 aliphatic carbocycles. The lowest BCUT2D eigenvalue weighted by Crippen LogP contribution is -1.91. The highest BCUT2D eigenvalue weighted by atomic mass is 16.3. The van der Waals surface area contributed by atoms with Gasteiger partial charge in [-0.2, -0.15) is 0 Å². The predicted octanol–water partition coefficient (Wildman–Crippen LogP) is 11.9. The monoisotopic (exact) mass is 550 g/mol. The van der Waals surface area contributed by atoms with E-state index >= 15 is 0 Å². The third kappa shape index (κ3) is 3.08. The van der Waals surface area contributed by atoms with Gasteiger partial charge in [-0.05, 0) is 45.8 Å². The first-order chi connectivity index (χ1) is 21.3. The van der Waals surface area contributed by atoms with E-state index in [0.29, 0.717) is 0 Å². The van der Waals surface area contributed by atoms with Crippen molar-refractivity contribution in [2.24, 2.45) is 0 Å². The molecule has 200 valence electrons. The van der Waals surface area contributed by atoms with Crippen molar-refractivity contribution in [2.45, 2.75) is 0 Å². The average Bonchev–Trinajstić information content (AvgIpc) is 3.77. The van der Waals surface area contributed by atoms with Crippen LogP contribution in [-0.4, -0.2) is 0 Å². The maximum atomic E-state index is 6.66. The molecule has 3 heterocycles. The van der Waals surface area contributed by atoms with E-state index in [1.165, 1.54) is 32.7 Å². The van der Waals surface area contributed by atoms with Gasteiger partial charge in [0.15, 0.2) is 0 Å². The van der Waals surface area contributed by atoms with Crippen LogP contribution in [0.3, 0.4) is 0 Å². The number of hydrogen-bond donors (Lipinski definition) is 0. The van der Waals surface area contributed by atoms with Gasteiger partial charge in [0.1, 0.15) is 27.9 Å². The van der Waals surface area contributed by atoms with Gasteiger partial charge in [0.2, 0.25) is 0 Å². The van der Waals surface area contributed by atoms with Crippen LogP contribution in [0.25, 0.3) is 98.6 Å². The van der Waals surface area contributed by atoms with Crippen LogP contribution in [0.2, 0.25) is 0 Å². The van der Waals surface area contributed by atoms with Crippen molar-refractivity contribution in [3.8, 4) is 22.3 Å². The minimum Gasteiger partial charge on any atom is -0.464 e. The van der Waals surface area contributed by atoms with Crippen molar-refractivity contribution in [3.63, 3.8) is 0 Å². The summed E-state index contributed by atoms with van der Waals surface area (Å²) < 4.78 is 18.9. The molecule has 10 aromatic rings. The molecule has 7 aromatic carbocycles. The second kappa shape index (κ2) is 8.37. The minimum absolute atomic E-state index is 0.859. The smallest absolute Gasteiger partial charge is 0.143 e. The van der Waals surface area contributed by atoms with E-state index in [0.717, 1.165) is 66.0 Å². The van der Waals surface area contributed by atoms with Crippen molar-refractivity contribution in [2.75, 3.05) is 0 Å². The van der Waals surface area contributed by atoms with Gasteiger partial charge in [0, 0.05) is 49.2 Å². The second-order valence-electron chi connectivity index (χ2n) is 11.2. The van der Waals surface area contributed by atoms with Crippen LogP contribution < -0.4 is 0 Å². The van der Waals surface area contributed by atoms with Gasteiger partial charge in [-0.3, -0.25) is 0 Å². The summed E-state index contributed by atoms with van der Waals surface area (Å²) in [5.41, 5.74) is 8.93. The molecular weight excluding hydrogens is 528 g/mol. The summed E-state index contributed by atoms with van der Waals surface area (Å²) >= 11 is 0. The van der Waals surface area contributed by atoms with Crippen molar-refractivity contribution < 1.29 is 13.3 Å². The van der Waals surface area contributed by atoms with E-state index < -0.39 is 0 Å². The molecule has 0 unspecified atom stereocenters. The van der Waals surface area contributed by atoms with Crippen LogP contribution in [0, 0.1) is 0 Å². The van der Waals surface area contributed by atoms with Crippen LogP contribution in [0.5, 0.6) is 0 Å². The fourth-order valence-corrected chi connectivity index (χ4v) is 7.10. The largest absolute Gasteiger partial charge is 0.464 e. The fraction of sp³-hybridized carbons (Fsp3) is 0. The van der Waals surface area contributed by atoms with Crippen LogP contribution >= 0.6 is 0 Å². The summed E-state index contributed by atoms with van der Waals surface area (Å²) in [6.45, 7) is 0. The lowest BCUT2D eigenvalue weighted by Gasteiger charge is -2.18. The first-order valence-electron chi connectivity index (χ1n) is 14.5. The highest BCUT2D eigenvalue weighted by Crippen LogP contribution is 2.48. The number of para-hydroxylation sites is 3. The zero-order chi connectivity index (χ0) is 28.1. The van der Waals surface area contributed by atoms with Gasteiger partial charge in [-0.1, -0.05) is 103 Å². The maximum absolute atomic E-state index is 6.66. The molecule has 0 atom stereocenters. The Bertz CT molecular complexity index is 2680. The quantitative estimate of drug-likeness (QED) is 0.201. The standard InChI is InChI=1S/C40H22O3/c1-3-12-27-25(10-1)37(31-16-7-14-29-24-9-5-6-18-34(24)42-39(29)31)26-11-2-4-13-28(26)38(27)32-17-8-15-30-33-22-35-23(19-20-41-35)21-36(33)43-40(30)32/h1-22H. The van der Waals surface area contributed by atoms with E-state index in [-0.39, 0.29) is 0 Å². The number of rotatable bonds is 2. The summed E-state index contributed by atoms with van der Waals surface area (Å²) in [5.74, 6) is 0. The van der Waals surface area contributed by atoms with E-state index in [4.69, 9.17) is 13.3 Å². The van der Waals surface area contributed by atoms with E-state index in [9.17, 15) is 0 Å². The Morgan fingerprint density at radius 1 is 0.349 bits per heavy atom. The third-order valence-electron chi connectivity index (χ3n) is 8.95. The second-order valence-corrected chi connectivity index (χ2v) is 11.2. The molecule has 0 fully saturated rings. The molecule has 0 radical (unpaired) electrons. The zero-order valence-corrected chi connectivity index (χ0v) is 22.9. The van der Waals surface area contributed by atoms with Crippen LogP contribution in [-0.2, 0) is 0 Å². The Balaban J connectivity index is 1.35. The molecule has 3 aromatic heterocycles. The molecule has 0 bridgehead atoms. The Kier molecular flexibility index (Phi) is 4.45. The SMILES string of the molecule is c1ccc2c(c1)oc1c(-c3c4ccccc4c(-c4cccc5c4oc4cc6ccoc6cc45)c4ccccc34)cccc12. The van der Waals surface area contributed by atoms with Crippen molar-refractivity contribution in [1.29, 1.82) is 0 Å². The van der Waals surface area contributed by atoms with Gasteiger partial charge in [-0.25, -0.2) is 0 Å². The third-order valence-corrected chi connectivity index (χ3v) is 8.95. The molecule has 3 nitrogen and oxygen atoms in total. The molecule has 0 saturated heterocycles. The molecular formula is C40H22O3. The highest BCUT2D eigenvalue weighted by Gasteiger charge is 2.22. The molecule has 10 rings (SSSR count). The lowest BCUT2D eigenvalue weighted by molar-refractivity contribution is 0.616. The molecule has 0 saturated carbocycles. The summed E-state index contributed by atoms with van der Waals surface area (Å²) in [4.78, 5) is 0. The number of benzene rings is 7. The zero-order valence-electron chi connectivity index (χ0n) is 22.9. The van der Waals surface area contributed by atoms with E-state index in [1.54, 1.807) is 6.26 Å². The molecule has 0 spiro atoms.